The molecule has 5 rings (SSSR count). The van der Waals surface area contributed by atoms with Crippen molar-refractivity contribution in [1.82, 2.24) is 19.9 Å². The van der Waals surface area contributed by atoms with E-state index >= 15 is 0 Å². The molecule has 0 aliphatic carbocycles. The quantitative estimate of drug-likeness (QED) is 0.153. The Morgan fingerprint density at radius 1 is 0.894 bits per heavy atom. The Balaban J connectivity index is 1.71. The van der Waals surface area contributed by atoms with Crippen molar-refractivity contribution in [2.75, 3.05) is 11.8 Å². The lowest BCUT2D eigenvalue weighted by Gasteiger charge is -2.21. The number of carbonyl (C=O) groups is 1. The summed E-state index contributed by atoms with van der Waals surface area (Å²) in [6, 6.07) is 20.6. The van der Waals surface area contributed by atoms with Crippen LogP contribution in [0.25, 0.3) is 11.6 Å². The molecule has 0 aliphatic heterocycles. The normalized spacial score (nSPS) is 12.2. The average Bonchev–Trinajstić information content (AvgIpc) is 3.04. The molecule has 2 N–H and O–H groups in total. The predicted molar refractivity (Wildman–Crippen MR) is 175 cm³/mol. The summed E-state index contributed by atoms with van der Waals surface area (Å²) in [6.07, 6.45) is 1.23. The van der Waals surface area contributed by atoms with Gasteiger partial charge in [-0.05, 0) is 53.4 Å². The lowest BCUT2D eigenvalue weighted by Crippen LogP contribution is -2.21. The number of rotatable bonds is 11. The number of aromatic nitrogens is 4. The van der Waals surface area contributed by atoms with Crippen LogP contribution in [-0.2, 0) is 20.2 Å². The fourth-order valence-corrected chi connectivity index (χ4v) is 5.57. The Kier molecular flexibility index (Phi) is 9.59. The third kappa shape index (κ3) is 7.76. The van der Waals surface area contributed by atoms with E-state index in [-0.39, 0.29) is 55.6 Å². The molecular weight excluding hydrogens is 646 g/mol. The van der Waals surface area contributed by atoms with E-state index in [1.165, 1.54) is 43.8 Å². The molecule has 1 atom stereocenters. The van der Waals surface area contributed by atoms with Crippen molar-refractivity contribution in [3.63, 3.8) is 0 Å². The summed E-state index contributed by atoms with van der Waals surface area (Å²) in [5.74, 6) is -2.29. The first kappa shape index (κ1) is 33.1. The van der Waals surface area contributed by atoms with Gasteiger partial charge in [0.15, 0.2) is 23.1 Å². The molecule has 2 aromatic heterocycles. The second-order valence-corrected chi connectivity index (χ2v) is 13.2. The standard InChI is InChI=1S/C33H30ClN5O7S/c1-33(2,3)21-13-15-23(16-14-21)47(42,43)39-28-27(45-25-12-6-5-11-24(25)44-4)31(38-30(37-28)29-35-17-8-18-36-29)46-26(32(40)41)20-9-7-10-22(34)19-20/h5-19,26H,1-4H3,(H,40,41)(H,37,38,39). The molecule has 0 aliphatic rings. The summed E-state index contributed by atoms with van der Waals surface area (Å²) in [4.78, 5) is 29.7. The van der Waals surface area contributed by atoms with Crippen LogP contribution in [0, 0.1) is 0 Å². The van der Waals surface area contributed by atoms with E-state index in [9.17, 15) is 18.3 Å². The number of ether oxygens (including phenoxy) is 3. The van der Waals surface area contributed by atoms with Gasteiger partial charge < -0.3 is 19.3 Å². The van der Waals surface area contributed by atoms with Crippen molar-refractivity contribution >= 4 is 33.4 Å². The van der Waals surface area contributed by atoms with E-state index in [1.54, 1.807) is 54.6 Å². The largest absolute Gasteiger partial charge is 0.493 e. The zero-order valence-electron chi connectivity index (χ0n) is 25.7. The predicted octanol–water partition coefficient (Wildman–Crippen LogP) is 6.69. The molecule has 5 aromatic rings. The van der Waals surface area contributed by atoms with Gasteiger partial charge in [0.2, 0.25) is 17.7 Å². The van der Waals surface area contributed by atoms with E-state index in [0.717, 1.165) is 5.56 Å². The fraction of sp³-hybridized carbons (Fsp3) is 0.182. The highest BCUT2D eigenvalue weighted by Crippen LogP contribution is 2.43. The van der Waals surface area contributed by atoms with Crippen LogP contribution in [0.5, 0.6) is 23.1 Å². The first-order chi connectivity index (χ1) is 22.4. The third-order valence-corrected chi connectivity index (χ3v) is 8.34. The van der Waals surface area contributed by atoms with Crippen molar-refractivity contribution in [3.8, 4) is 34.8 Å². The van der Waals surface area contributed by atoms with Gasteiger partial charge in [0.1, 0.15) is 0 Å². The van der Waals surface area contributed by atoms with E-state index in [0.29, 0.717) is 0 Å². The smallest absolute Gasteiger partial charge is 0.349 e. The Morgan fingerprint density at radius 3 is 2.19 bits per heavy atom. The van der Waals surface area contributed by atoms with Gasteiger partial charge in [0.05, 0.1) is 12.0 Å². The van der Waals surface area contributed by atoms with Gasteiger partial charge in [-0.3, -0.25) is 4.72 Å². The number of sulfonamides is 1. The van der Waals surface area contributed by atoms with Crippen molar-refractivity contribution in [1.29, 1.82) is 0 Å². The molecule has 14 heteroatoms. The molecule has 242 valence electrons. The zero-order valence-corrected chi connectivity index (χ0v) is 27.3. The maximum atomic E-state index is 13.8. The number of halogens is 1. The highest BCUT2D eigenvalue weighted by Gasteiger charge is 2.30. The minimum atomic E-state index is -4.31. The van der Waals surface area contributed by atoms with Crippen molar-refractivity contribution in [2.24, 2.45) is 0 Å². The highest BCUT2D eigenvalue weighted by molar-refractivity contribution is 7.92. The summed E-state index contributed by atoms with van der Waals surface area (Å²) in [6.45, 7) is 6.04. The van der Waals surface area contributed by atoms with Crippen LogP contribution in [0.15, 0.2) is 96.2 Å². The molecule has 0 bridgehead atoms. The summed E-state index contributed by atoms with van der Waals surface area (Å²) in [5, 5.41) is 10.5. The summed E-state index contributed by atoms with van der Waals surface area (Å²) in [5.41, 5.74) is 0.905. The van der Waals surface area contributed by atoms with Gasteiger partial charge in [0.25, 0.3) is 15.9 Å². The van der Waals surface area contributed by atoms with Gasteiger partial charge in [-0.15, -0.1) is 0 Å². The van der Waals surface area contributed by atoms with Crippen LogP contribution < -0.4 is 18.9 Å². The summed E-state index contributed by atoms with van der Waals surface area (Å²) < 4.78 is 47.7. The maximum Gasteiger partial charge on any atom is 0.349 e. The summed E-state index contributed by atoms with van der Waals surface area (Å²) in [7, 11) is -2.88. The molecule has 3 aromatic carbocycles. The van der Waals surface area contributed by atoms with Gasteiger partial charge in [0, 0.05) is 23.0 Å². The van der Waals surface area contributed by atoms with Crippen molar-refractivity contribution < 1.29 is 32.5 Å². The topological polar surface area (TPSA) is 163 Å². The molecule has 2 heterocycles. The number of carboxylic acids is 1. The second-order valence-electron chi connectivity index (χ2n) is 11.1. The van der Waals surface area contributed by atoms with Crippen molar-refractivity contribution in [2.45, 2.75) is 37.2 Å². The highest BCUT2D eigenvalue weighted by atomic mass is 35.5. The first-order valence-electron chi connectivity index (χ1n) is 14.1. The molecular formula is C33H30ClN5O7S. The van der Waals surface area contributed by atoms with Gasteiger partial charge in [-0.1, -0.05) is 68.8 Å². The van der Waals surface area contributed by atoms with E-state index in [4.69, 9.17) is 25.8 Å². The van der Waals surface area contributed by atoms with Crippen LogP contribution in [0.2, 0.25) is 5.02 Å². The number of carboxylic acid groups (broad SMARTS) is 1. The number of anilines is 1. The van der Waals surface area contributed by atoms with Crippen LogP contribution in [0.1, 0.15) is 38.0 Å². The molecule has 0 fully saturated rings. The number of hydrogen-bond acceptors (Lipinski definition) is 10. The Labute approximate surface area is 276 Å². The van der Waals surface area contributed by atoms with Crippen LogP contribution in [0.3, 0.4) is 0 Å². The number of methoxy groups -OCH3 is 1. The molecule has 0 radical (unpaired) electrons. The molecule has 47 heavy (non-hydrogen) atoms. The lowest BCUT2D eigenvalue weighted by atomic mass is 9.87. The van der Waals surface area contributed by atoms with Crippen LogP contribution in [-0.4, -0.2) is 46.5 Å². The lowest BCUT2D eigenvalue weighted by molar-refractivity contribution is -0.145. The summed E-state index contributed by atoms with van der Waals surface area (Å²) >= 11 is 6.16. The molecule has 0 spiro atoms. The van der Waals surface area contributed by atoms with Gasteiger partial charge >= 0.3 is 5.97 Å². The minimum absolute atomic E-state index is 0.00537. The molecule has 0 saturated heterocycles. The first-order valence-corrected chi connectivity index (χ1v) is 16.0. The monoisotopic (exact) mass is 675 g/mol. The fourth-order valence-electron chi connectivity index (χ4n) is 4.36. The second kappa shape index (κ2) is 13.6. The maximum absolute atomic E-state index is 13.8. The Morgan fingerprint density at radius 2 is 1.57 bits per heavy atom. The molecule has 0 saturated carbocycles. The van der Waals surface area contributed by atoms with Gasteiger partial charge in [-0.2, -0.15) is 4.98 Å². The Hall–Kier alpha value is -5.27. The third-order valence-electron chi connectivity index (χ3n) is 6.75. The Bertz CT molecular complexity index is 2010. The number of nitrogens with one attached hydrogen (secondary N) is 1. The van der Waals surface area contributed by atoms with Crippen molar-refractivity contribution in [3.05, 3.63) is 107 Å². The SMILES string of the molecule is COc1ccccc1Oc1c(NS(=O)(=O)c2ccc(C(C)(C)C)cc2)nc(-c2ncccn2)nc1OC(C(=O)O)c1cccc(Cl)c1. The van der Waals surface area contributed by atoms with Crippen LogP contribution in [0.4, 0.5) is 5.82 Å². The number of para-hydroxylation sites is 2. The number of aliphatic carboxylic acids is 1. The number of hydrogen-bond donors (Lipinski definition) is 2. The molecule has 0 amide bonds. The molecule has 1 unspecified atom stereocenters. The van der Waals surface area contributed by atoms with E-state index in [2.05, 4.69) is 24.7 Å². The van der Waals surface area contributed by atoms with E-state index < -0.39 is 28.0 Å². The van der Waals surface area contributed by atoms with Gasteiger partial charge in [-0.25, -0.2) is 28.2 Å². The van der Waals surface area contributed by atoms with E-state index in [1.807, 2.05) is 20.8 Å². The minimum Gasteiger partial charge on any atom is -0.493 e. The van der Waals surface area contributed by atoms with Crippen LogP contribution >= 0.6 is 11.6 Å². The average molecular weight is 676 g/mol. The number of nitrogens with zero attached hydrogens (tertiary/aromatic N) is 4. The number of benzene rings is 3. The molecule has 12 nitrogen and oxygen atoms in total. The zero-order chi connectivity index (χ0) is 33.8.